The Bertz CT molecular complexity index is 852. The fourth-order valence-corrected chi connectivity index (χ4v) is 3.09. The standard InChI is InChI=1S/C17H18N4O2S/c1-3-12-4-6-13(7-5-12)21-16(14-8-9-23-11(14)2)19-20-17(21)24-10-15(18)22/h4-9H,3,10H2,1-2H3,(H2,18,22). The average Bonchev–Trinajstić information content (AvgIpc) is 3.18. The number of amides is 1. The molecular formula is C17H18N4O2S. The molecule has 0 spiro atoms. The first-order valence-electron chi connectivity index (χ1n) is 7.60. The zero-order chi connectivity index (χ0) is 17.1. The van der Waals surface area contributed by atoms with Crippen LogP contribution in [0.15, 0.2) is 46.2 Å². The second kappa shape index (κ2) is 6.92. The zero-order valence-corrected chi connectivity index (χ0v) is 14.3. The van der Waals surface area contributed by atoms with Gasteiger partial charge in [0.1, 0.15) is 5.76 Å². The third-order valence-corrected chi connectivity index (χ3v) is 4.63. The van der Waals surface area contributed by atoms with Crippen molar-refractivity contribution in [3.8, 4) is 17.1 Å². The zero-order valence-electron chi connectivity index (χ0n) is 13.5. The number of aromatic nitrogens is 3. The molecule has 2 heterocycles. The molecule has 0 bridgehead atoms. The van der Waals surface area contributed by atoms with Crippen LogP contribution in [0.25, 0.3) is 17.1 Å². The number of carbonyl (C=O) groups excluding carboxylic acids is 1. The molecule has 24 heavy (non-hydrogen) atoms. The molecule has 1 amide bonds. The molecule has 1 aromatic carbocycles. The van der Waals surface area contributed by atoms with Gasteiger partial charge in [0.05, 0.1) is 17.6 Å². The third kappa shape index (κ3) is 3.21. The van der Waals surface area contributed by atoms with Crippen molar-refractivity contribution in [1.82, 2.24) is 14.8 Å². The summed E-state index contributed by atoms with van der Waals surface area (Å²) >= 11 is 1.27. The maximum Gasteiger partial charge on any atom is 0.227 e. The third-order valence-electron chi connectivity index (χ3n) is 3.68. The van der Waals surface area contributed by atoms with E-state index in [0.29, 0.717) is 11.0 Å². The molecule has 0 aliphatic carbocycles. The van der Waals surface area contributed by atoms with Crippen molar-refractivity contribution in [2.75, 3.05) is 5.75 Å². The molecule has 3 rings (SSSR count). The molecule has 0 saturated heterocycles. The molecule has 3 aromatic rings. The van der Waals surface area contributed by atoms with E-state index in [1.807, 2.05) is 29.7 Å². The molecule has 6 nitrogen and oxygen atoms in total. The number of hydrogen-bond donors (Lipinski definition) is 1. The van der Waals surface area contributed by atoms with Crippen molar-refractivity contribution >= 4 is 17.7 Å². The molecule has 0 fully saturated rings. The Kier molecular flexibility index (Phi) is 4.71. The number of furan rings is 1. The molecular weight excluding hydrogens is 324 g/mol. The number of aryl methyl sites for hydroxylation is 2. The number of hydrogen-bond acceptors (Lipinski definition) is 5. The molecule has 7 heteroatoms. The van der Waals surface area contributed by atoms with Crippen LogP contribution in [-0.4, -0.2) is 26.4 Å². The number of nitrogens with two attached hydrogens (primary N) is 1. The van der Waals surface area contributed by atoms with Gasteiger partial charge in [-0.05, 0) is 37.1 Å². The van der Waals surface area contributed by atoms with Crippen LogP contribution < -0.4 is 5.73 Å². The van der Waals surface area contributed by atoms with E-state index in [4.69, 9.17) is 10.2 Å². The van der Waals surface area contributed by atoms with Crippen molar-refractivity contribution in [3.63, 3.8) is 0 Å². The Labute approximate surface area is 144 Å². The summed E-state index contributed by atoms with van der Waals surface area (Å²) in [6, 6.07) is 10.1. The highest BCUT2D eigenvalue weighted by atomic mass is 32.2. The minimum Gasteiger partial charge on any atom is -0.469 e. The van der Waals surface area contributed by atoms with Crippen LogP contribution in [0.4, 0.5) is 0 Å². The van der Waals surface area contributed by atoms with E-state index in [0.717, 1.165) is 23.4 Å². The van der Waals surface area contributed by atoms with Crippen LogP contribution in [0.5, 0.6) is 0 Å². The molecule has 0 aliphatic heterocycles. The van der Waals surface area contributed by atoms with Crippen molar-refractivity contribution in [2.24, 2.45) is 5.73 Å². The normalized spacial score (nSPS) is 10.9. The summed E-state index contributed by atoms with van der Waals surface area (Å²) in [4.78, 5) is 11.1. The summed E-state index contributed by atoms with van der Waals surface area (Å²) in [6.07, 6.45) is 2.60. The van der Waals surface area contributed by atoms with Crippen LogP contribution in [0.3, 0.4) is 0 Å². The fourth-order valence-electron chi connectivity index (χ4n) is 2.40. The van der Waals surface area contributed by atoms with Gasteiger partial charge in [-0.1, -0.05) is 30.8 Å². The van der Waals surface area contributed by atoms with Gasteiger partial charge in [0.25, 0.3) is 0 Å². The lowest BCUT2D eigenvalue weighted by Gasteiger charge is -2.10. The monoisotopic (exact) mass is 342 g/mol. The lowest BCUT2D eigenvalue weighted by atomic mass is 10.1. The summed E-state index contributed by atoms with van der Waals surface area (Å²) in [5.74, 6) is 1.20. The highest BCUT2D eigenvalue weighted by molar-refractivity contribution is 7.99. The molecule has 0 aliphatic rings. The highest BCUT2D eigenvalue weighted by Gasteiger charge is 2.19. The van der Waals surface area contributed by atoms with Crippen LogP contribution in [0, 0.1) is 6.92 Å². The maximum absolute atomic E-state index is 11.1. The summed E-state index contributed by atoms with van der Waals surface area (Å²) < 4.78 is 7.31. The number of benzene rings is 1. The average molecular weight is 342 g/mol. The SMILES string of the molecule is CCc1ccc(-n2c(SCC(N)=O)nnc2-c2ccoc2C)cc1. The van der Waals surface area contributed by atoms with Crippen molar-refractivity contribution < 1.29 is 9.21 Å². The van der Waals surface area contributed by atoms with Gasteiger partial charge in [-0.25, -0.2) is 0 Å². The number of carbonyl (C=O) groups is 1. The predicted octanol–water partition coefficient (Wildman–Crippen LogP) is 2.98. The molecule has 0 unspecified atom stereocenters. The smallest absolute Gasteiger partial charge is 0.227 e. The summed E-state index contributed by atoms with van der Waals surface area (Å²) in [5.41, 5.74) is 8.31. The Morgan fingerprint density at radius 3 is 2.58 bits per heavy atom. The van der Waals surface area contributed by atoms with Crippen LogP contribution in [0.1, 0.15) is 18.2 Å². The summed E-state index contributed by atoms with van der Waals surface area (Å²) in [7, 11) is 0. The predicted molar refractivity (Wildman–Crippen MR) is 93.1 cm³/mol. The van der Waals surface area contributed by atoms with Gasteiger partial charge in [0.15, 0.2) is 11.0 Å². The lowest BCUT2D eigenvalue weighted by molar-refractivity contribution is -0.115. The topological polar surface area (TPSA) is 86.9 Å². The van der Waals surface area contributed by atoms with Crippen molar-refractivity contribution in [2.45, 2.75) is 25.4 Å². The first-order valence-corrected chi connectivity index (χ1v) is 8.59. The van der Waals surface area contributed by atoms with Gasteiger partial charge in [0.2, 0.25) is 5.91 Å². The Morgan fingerprint density at radius 2 is 2.00 bits per heavy atom. The van der Waals surface area contributed by atoms with E-state index >= 15 is 0 Å². The first kappa shape index (κ1) is 16.3. The second-order valence-corrected chi connectivity index (χ2v) is 6.25. The molecule has 124 valence electrons. The van der Waals surface area contributed by atoms with Crippen LogP contribution >= 0.6 is 11.8 Å². The molecule has 0 saturated carbocycles. The van der Waals surface area contributed by atoms with Gasteiger partial charge < -0.3 is 10.2 Å². The number of rotatable bonds is 6. The van der Waals surface area contributed by atoms with E-state index in [1.54, 1.807) is 6.26 Å². The minimum absolute atomic E-state index is 0.148. The molecule has 2 N–H and O–H groups in total. The first-order chi connectivity index (χ1) is 11.6. The van der Waals surface area contributed by atoms with E-state index in [-0.39, 0.29) is 5.75 Å². The molecule has 2 aromatic heterocycles. The lowest BCUT2D eigenvalue weighted by Crippen LogP contribution is -2.13. The van der Waals surface area contributed by atoms with Gasteiger partial charge in [0, 0.05) is 5.69 Å². The van der Waals surface area contributed by atoms with Crippen LogP contribution in [0.2, 0.25) is 0 Å². The van der Waals surface area contributed by atoms with E-state index in [2.05, 4.69) is 29.3 Å². The Balaban J connectivity index is 2.09. The van der Waals surface area contributed by atoms with Crippen molar-refractivity contribution in [1.29, 1.82) is 0 Å². The van der Waals surface area contributed by atoms with E-state index in [1.165, 1.54) is 17.3 Å². The van der Waals surface area contributed by atoms with Gasteiger partial charge in [-0.15, -0.1) is 10.2 Å². The maximum atomic E-state index is 11.1. The van der Waals surface area contributed by atoms with Gasteiger partial charge in [-0.2, -0.15) is 0 Å². The number of nitrogens with zero attached hydrogens (tertiary/aromatic N) is 3. The summed E-state index contributed by atoms with van der Waals surface area (Å²) in [6.45, 7) is 3.99. The Morgan fingerprint density at radius 1 is 1.25 bits per heavy atom. The quantitative estimate of drug-likeness (QED) is 0.696. The largest absolute Gasteiger partial charge is 0.469 e. The number of primary amides is 1. The summed E-state index contributed by atoms with van der Waals surface area (Å²) in [5, 5.41) is 9.15. The second-order valence-electron chi connectivity index (χ2n) is 5.31. The highest BCUT2D eigenvalue weighted by Crippen LogP contribution is 2.30. The van der Waals surface area contributed by atoms with Crippen molar-refractivity contribution in [3.05, 3.63) is 47.9 Å². The van der Waals surface area contributed by atoms with Crippen LogP contribution in [-0.2, 0) is 11.2 Å². The number of thioether (sulfide) groups is 1. The van der Waals surface area contributed by atoms with Gasteiger partial charge in [-0.3, -0.25) is 9.36 Å². The Hall–Kier alpha value is -2.54. The molecule has 0 radical (unpaired) electrons. The molecule has 0 atom stereocenters. The fraction of sp³-hybridized carbons (Fsp3) is 0.235. The van der Waals surface area contributed by atoms with E-state index in [9.17, 15) is 4.79 Å². The van der Waals surface area contributed by atoms with E-state index < -0.39 is 5.91 Å². The minimum atomic E-state index is -0.392. The van der Waals surface area contributed by atoms with Gasteiger partial charge >= 0.3 is 0 Å².